The third-order valence-electron chi connectivity index (χ3n) is 3.54. The Bertz CT molecular complexity index is 506. The van der Waals surface area contributed by atoms with Crippen molar-refractivity contribution >= 4 is 11.8 Å². The van der Waals surface area contributed by atoms with E-state index >= 15 is 0 Å². The van der Waals surface area contributed by atoms with Gasteiger partial charge in [-0.1, -0.05) is 29.8 Å². The second-order valence-corrected chi connectivity index (χ2v) is 6.19. The summed E-state index contributed by atoms with van der Waals surface area (Å²) >= 11 is 0. The molecule has 1 saturated heterocycles. The Kier molecular flexibility index (Phi) is 4.12. The maximum atomic E-state index is 12.1. The number of amides is 2. The second-order valence-electron chi connectivity index (χ2n) is 6.19. The molecule has 0 aliphatic carbocycles. The Balaban J connectivity index is 1.94. The summed E-state index contributed by atoms with van der Waals surface area (Å²) in [6, 6.07) is 7.94. The normalized spacial score (nSPS) is 18.8. The molecule has 1 heterocycles. The molecule has 1 aliphatic heterocycles. The predicted molar refractivity (Wildman–Crippen MR) is 78.3 cm³/mol. The first-order valence-corrected chi connectivity index (χ1v) is 7.03. The fourth-order valence-electron chi connectivity index (χ4n) is 2.49. The van der Waals surface area contributed by atoms with Gasteiger partial charge in [0, 0.05) is 12.0 Å². The lowest BCUT2D eigenvalue weighted by Crippen LogP contribution is -2.51. The van der Waals surface area contributed by atoms with E-state index in [-0.39, 0.29) is 23.4 Å². The molecule has 0 spiro atoms. The van der Waals surface area contributed by atoms with Gasteiger partial charge in [0.1, 0.15) is 6.04 Å². The summed E-state index contributed by atoms with van der Waals surface area (Å²) in [6.07, 6.45) is 1.79. The van der Waals surface area contributed by atoms with Crippen LogP contribution in [0.1, 0.15) is 37.8 Å². The van der Waals surface area contributed by atoms with Crippen LogP contribution in [0, 0.1) is 6.92 Å². The summed E-state index contributed by atoms with van der Waals surface area (Å²) < 4.78 is 0. The molecule has 0 aromatic heterocycles. The molecular formula is C16H22N2O2. The van der Waals surface area contributed by atoms with Crippen LogP contribution in [0.3, 0.4) is 0 Å². The van der Waals surface area contributed by atoms with Crippen LogP contribution in [-0.4, -0.2) is 23.4 Å². The van der Waals surface area contributed by atoms with E-state index in [0.717, 1.165) is 6.42 Å². The van der Waals surface area contributed by atoms with Crippen LogP contribution >= 0.6 is 0 Å². The van der Waals surface area contributed by atoms with Gasteiger partial charge >= 0.3 is 0 Å². The van der Waals surface area contributed by atoms with Gasteiger partial charge in [-0.3, -0.25) is 9.59 Å². The summed E-state index contributed by atoms with van der Waals surface area (Å²) in [7, 11) is 0. The first-order valence-electron chi connectivity index (χ1n) is 7.03. The van der Waals surface area contributed by atoms with Gasteiger partial charge in [-0.05, 0) is 39.2 Å². The summed E-state index contributed by atoms with van der Waals surface area (Å²) in [5.74, 6) is -0.130. The van der Waals surface area contributed by atoms with Crippen LogP contribution in [0.4, 0.5) is 0 Å². The van der Waals surface area contributed by atoms with Crippen molar-refractivity contribution in [2.75, 3.05) is 0 Å². The fourth-order valence-corrected chi connectivity index (χ4v) is 2.49. The number of rotatable bonds is 4. The molecule has 1 aromatic rings. The van der Waals surface area contributed by atoms with E-state index in [0.29, 0.717) is 12.8 Å². The summed E-state index contributed by atoms with van der Waals surface area (Å²) in [6.45, 7) is 6.06. The highest BCUT2D eigenvalue weighted by Crippen LogP contribution is 2.15. The minimum Gasteiger partial charge on any atom is -0.349 e. The monoisotopic (exact) mass is 274 g/mol. The van der Waals surface area contributed by atoms with Crippen LogP contribution in [0.2, 0.25) is 0 Å². The van der Waals surface area contributed by atoms with Crippen LogP contribution < -0.4 is 10.6 Å². The average Bonchev–Trinajstić information content (AvgIpc) is 2.78. The Morgan fingerprint density at radius 3 is 2.55 bits per heavy atom. The number of nitrogens with one attached hydrogen (secondary N) is 2. The molecule has 0 bridgehead atoms. The number of aryl methyl sites for hydroxylation is 1. The maximum absolute atomic E-state index is 12.1. The summed E-state index contributed by atoms with van der Waals surface area (Å²) in [5.41, 5.74) is 2.08. The van der Waals surface area contributed by atoms with Crippen molar-refractivity contribution in [2.45, 2.75) is 51.6 Å². The van der Waals surface area contributed by atoms with Gasteiger partial charge in [0.15, 0.2) is 0 Å². The number of carbonyl (C=O) groups is 2. The van der Waals surface area contributed by atoms with Crippen LogP contribution in [0.25, 0.3) is 0 Å². The van der Waals surface area contributed by atoms with Gasteiger partial charge in [0.2, 0.25) is 11.8 Å². The smallest absolute Gasteiger partial charge is 0.243 e. The van der Waals surface area contributed by atoms with Crippen molar-refractivity contribution in [1.82, 2.24) is 10.6 Å². The van der Waals surface area contributed by atoms with E-state index in [9.17, 15) is 9.59 Å². The van der Waals surface area contributed by atoms with Gasteiger partial charge in [-0.15, -0.1) is 0 Å². The molecular weight excluding hydrogens is 252 g/mol. The van der Waals surface area contributed by atoms with Gasteiger partial charge in [0.25, 0.3) is 0 Å². The van der Waals surface area contributed by atoms with E-state index in [1.54, 1.807) is 0 Å². The zero-order chi connectivity index (χ0) is 14.8. The topological polar surface area (TPSA) is 58.2 Å². The quantitative estimate of drug-likeness (QED) is 0.878. The van der Waals surface area contributed by atoms with Crippen LogP contribution in [0.5, 0.6) is 0 Å². The minimum absolute atomic E-state index is 0.0403. The Morgan fingerprint density at radius 1 is 1.35 bits per heavy atom. The zero-order valence-electron chi connectivity index (χ0n) is 12.3. The highest BCUT2D eigenvalue weighted by Gasteiger charge is 2.30. The lowest BCUT2D eigenvalue weighted by atomic mass is 9.94. The predicted octanol–water partition coefficient (Wildman–Crippen LogP) is 1.71. The summed E-state index contributed by atoms with van der Waals surface area (Å²) in [5, 5.41) is 5.72. The summed E-state index contributed by atoms with van der Waals surface area (Å²) in [4.78, 5) is 23.3. The average molecular weight is 274 g/mol. The SMILES string of the molecule is Cc1ccc(CC(C)(C)NC(=O)C2CCC(=O)N2)cc1. The number of benzene rings is 1. The number of hydrogen-bond donors (Lipinski definition) is 2. The minimum atomic E-state index is -0.375. The van der Waals surface area contributed by atoms with Gasteiger partial charge < -0.3 is 10.6 Å². The fraction of sp³-hybridized carbons (Fsp3) is 0.500. The molecule has 1 aromatic carbocycles. The lowest BCUT2D eigenvalue weighted by Gasteiger charge is -2.28. The maximum Gasteiger partial charge on any atom is 0.243 e. The molecule has 1 aliphatic rings. The molecule has 1 unspecified atom stereocenters. The van der Waals surface area contributed by atoms with E-state index in [4.69, 9.17) is 0 Å². The first kappa shape index (κ1) is 14.6. The molecule has 4 nitrogen and oxygen atoms in total. The zero-order valence-corrected chi connectivity index (χ0v) is 12.3. The molecule has 2 rings (SSSR count). The van der Waals surface area contributed by atoms with E-state index in [2.05, 4.69) is 41.8 Å². The highest BCUT2D eigenvalue weighted by atomic mass is 16.2. The van der Waals surface area contributed by atoms with Crippen molar-refractivity contribution in [3.8, 4) is 0 Å². The first-order chi connectivity index (χ1) is 9.35. The van der Waals surface area contributed by atoms with Crippen LogP contribution in [-0.2, 0) is 16.0 Å². The van der Waals surface area contributed by atoms with Gasteiger partial charge in [0.05, 0.1) is 0 Å². The van der Waals surface area contributed by atoms with Crippen molar-refractivity contribution in [3.05, 3.63) is 35.4 Å². The highest BCUT2D eigenvalue weighted by molar-refractivity contribution is 5.91. The molecule has 4 heteroatoms. The van der Waals surface area contributed by atoms with Crippen LogP contribution in [0.15, 0.2) is 24.3 Å². The molecule has 0 saturated carbocycles. The Labute approximate surface area is 119 Å². The molecule has 0 radical (unpaired) electrons. The standard InChI is InChI=1S/C16H22N2O2/c1-11-4-6-12(7-5-11)10-16(2,3)18-15(20)13-8-9-14(19)17-13/h4-7,13H,8-10H2,1-3H3,(H,17,19)(H,18,20). The largest absolute Gasteiger partial charge is 0.349 e. The third-order valence-corrected chi connectivity index (χ3v) is 3.54. The molecule has 2 amide bonds. The Hall–Kier alpha value is -1.84. The van der Waals surface area contributed by atoms with Crippen molar-refractivity contribution in [3.63, 3.8) is 0 Å². The van der Waals surface area contributed by atoms with E-state index in [1.807, 2.05) is 13.8 Å². The van der Waals surface area contributed by atoms with Gasteiger partial charge in [-0.25, -0.2) is 0 Å². The molecule has 20 heavy (non-hydrogen) atoms. The van der Waals surface area contributed by atoms with Crippen molar-refractivity contribution < 1.29 is 9.59 Å². The molecule has 1 fully saturated rings. The molecule has 1 atom stereocenters. The van der Waals surface area contributed by atoms with E-state index in [1.165, 1.54) is 11.1 Å². The third kappa shape index (κ3) is 3.83. The number of hydrogen-bond acceptors (Lipinski definition) is 2. The molecule has 108 valence electrons. The Morgan fingerprint density at radius 2 is 2.00 bits per heavy atom. The van der Waals surface area contributed by atoms with Crippen molar-refractivity contribution in [1.29, 1.82) is 0 Å². The van der Waals surface area contributed by atoms with Crippen molar-refractivity contribution in [2.24, 2.45) is 0 Å². The second kappa shape index (κ2) is 5.65. The van der Waals surface area contributed by atoms with E-state index < -0.39 is 0 Å². The lowest BCUT2D eigenvalue weighted by molar-refractivity contribution is -0.126. The molecule has 2 N–H and O–H groups in total. The number of carbonyl (C=O) groups excluding carboxylic acids is 2. The van der Waals surface area contributed by atoms with Gasteiger partial charge in [-0.2, -0.15) is 0 Å².